The van der Waals surface area contributed by atoms with Crippen LogP contribution in [0.3, 0.4) is 0 Å². The maximum atomic E-state index is 2.65. The topological polar surface area (TPSA) is 6.48 Å². The third-order valence-corrected chi connectivity index (χ3v) is 12.4. The lowest BCUT2D eigenvalue weighted by Crippen LogP contribution is -2.35. The van der Waals surface area contributed by atoms with Gasteiger partial charge in [0.1, 0.15) is 0 Å². The average molecular weight is 881 g/mol. The Morgan fingerprint density at radius 2 is 0.453 bits per heavy atom. The van der Waals surface area contributed by atoms with Crippen LogP contribution in [0.15, 0.2) is 72.8 Å². The molecule has 3 rings (SSSR count). The van der Waals surface area contributed by atoms with Crippen LogP contribution in [-0.4, -0.2) is 155 Å². The average Bonchev–Trinajstić information content (AvgIpc) is 3.22. The molecule has 3 aromatic rings. The molecule has 0 fully saturated rings. The van der Waals surface area contributed by atoms with E-state index in [1.165, 1.54) is 163 Å². The molecule has 3 aromatic carbocycles. The zero-order valence-corrected chi connectivity index (χ0v) is 43.9. The highest BCUT2D eigenvalue weighted by atomic mass is 15.3. The van der Waals surface area contributed by atoms with E-state index in [1.807, 2.05) is 0 Å². The number of hydrogen-bond donors (Lipinski definition) is 0. The number of quaternary nitrogens is 4. The lowest BCUT2D eigenvalue weighted by molar-refractivity contribution is -0.870. The standard InChI is InChI=1S/C58H100N6/c1-61(2,3)49-25-17-13-21-45-59(46-22-14-18-26-50-62(4,5)6)57-41-37-55(38-42-57)35-33-53-29-31-54(32-30-53)34-36-56-39-43-58(44-40-56)60(47-23-15-19-27-51-63(7,8)9)48-24-16-20-28-52-64(10,11)12/h29-44H,13-28,45-52H2,1-12H3/q+4. The van der Waals surface area contributed by atoms with E-state index in [9.17, 15) is 0 Å². The molecule has 0 saturated heterocycles. The van der Waals surface area contributed by atoms with Crippen LogP contribution in [0.25, 0.3) is 24.3 Å². The van der Waals surface area contributed by atoms with Crippen LogP contribution in [0.5, 0.6) is 0 Å². The second-order valence-corrected chi connectivity index (χ2v) is 23.2. The molecule has 0 atom stereocenters. The predicted octanol–water partition coefficient (Wildman–Crippen LogP) is 12.7. The van der Waals surface area contributed by atoms with E-state index in [1.54, 1.807) is 0 Å². The van der Waals surface area contributed by atoms with E-state index in [0.717, 1.165) is 44.1 Å². The minimum absolute atomic E-state index is 1.06. The Morgan fingerprint density at radius 1 is 0.266 bits per heavy atom. The van der Waals surface area contributed by atoms with Crippen LogP contribution >= 0.6 is 0 Å². The van der Waals surface area contributed by atoms with Gasteiger partial charge in [0.05, 0.1) is 111 Å². The van der Waals surface area contributed by atoms with Crippen LogP contribution in [0.4, 0.5) is 11.4 Å². The molecule has 0 aromatic heterocycles. The van der Waals surface area contributed by atoms with Gasteiger partial charge in [-0.25, -0.2) is 0 Å². The summed E-state index contributed by atoms with van der Waals surface area (Å²) in [6.07, 6.45) is 30.0. The van der Waals surface area contributed by atoms with Crippen molar-refractivity contribution >= 4 is 35.7 Å². The van der Waals surface area contributed by atoms with E-state index in [4.69, 9.17) is 0 Å². The van der Waals surface area contributed by atoms with Gasteiger partial charge in [-0.05, 0) is 124 Å². The van der Waals surface area contributed by atoms with Crippen molar-refractivity contribution in [1.82, 2.24) is 0 Å². The summed E-state index contributed by atoms with van der Waals surface area (Å²) in [6, 6.07) is 27.5. The van der Waals surface area contributed by atoms with Crippen molar-refractivity contribution in [3.8, 4) is 0 Å². The van der Waals surface area contributed by atoms with Crippen molar-refractivity contribution in [2.45, 2.75) is 103 Å². The summed E-state index contributed by atoms with van der Waals surface area (Å²) in [5.74, 6) is 0. The molecule has 0 bridgehead atoms. The highest BCUT2D eigenvalue weighted by Crippen LogP contribution is 2.22. The van der Waals surface area contributed by atoms with Crippen LogP contribution in [-0.2, 0) is 0 Å². The number of rotatable bonds is 34. The zero-order chi connectivity index (χ0) is 46.9. The van der Waals surface area contributed by atoms with E-state index < -0.39 is 0 Å². The monoisotopic (exact) mass is 881 g/mol. The fraction of sp³-hybridized carbons (Fsp3) is 0.621. The SMILES string of the molecule is C[N+](C)(C)CCCCCCN(CCCCCC[N+](C)(C)C)c1ccc(C=Cc2ccc(C=Cc3ccc(N(CCCCCC[N+](C)(C)C)CCCCCC[N+](C)(C)C)cc3)cc2)cc1. The summed E-state index contributed by atoms with van der Waals surface area (Å²) >= 11 is 0. The summed E-state index contributed by atoms with van der Waals surface area (Å²) in [4.78, 5) is 5.30. The van der Waals surface area contributed by atoms with Gasteiger partial charge in [-0.2, -0.15) is 0 Å². The maximum Gasteiger partial charge on any atom is 0.0780 e. The largest absolute Gasteiger partial charge is 0.372 e. The third-order valence-electron chi connectivity index (χ3n) is 12.4. The zero-order valence-electron chi connectivity index (χ0n) is 43.9. The van der Waals surface area contributed by atoms with Crippen LogP contribution in [0.2, 0.25) is 0 Å². The highest BCUT2D eigenvalue weighted by molar-refractivity contribution is 5.74. The first-order valence-corrected chi connectivity index (χ1v) is 25.6. The molecule has 0 heterocycles. The van der Waals surface area contributed by atoms with Gasteiger partial charge in [-0.15, -0.1) is 0 Å². The van der Waals surface area contributed by atoms with Crippen molar-refractivity contribution in [1.29, 1.82) is 0 Å². The van der Waals surface area contributed by atoms with Crippen LogP contribution in [0, 0.1) is 0 Å². The lowest BCUT2D eigenvalue weighted by atomic mass is 10.1. The Labute approximate surface area is 396 Å². The van der Waals surface area contributed by atoms with Gasteiger partial charge in [0, 0.05) is 37.6 Å². The predicted molar refractivity (Wildman–Crippen MR) is 287 cm³/mol. The molecule has 6 heteroatoms. The minimum atomic E-state index is 1.06. The second-order valence-electron chi connectivity index (χ2n) is 23.2. The molecule has 0 saturated carbocycles. The highest BCUT2D eigenvalue weighted by Gasteiger charge is 2.12. The Balaban J connectivity index is 1.54. The van der Waals surface area contributed by atoms with Crippen molar-refractivity contribution in [3.05, 3.63) is 95.1 Å². The normalized spacial score (nSPS) is 12.8. The number of benzene rings is 3. The first-order valence-electron chi connectivity index (χ1n) is 25.6. The van der Waals surface area contributed by atoms with Gasteiger partial charge in [-0.1, -0.05) is 98.5 Å². The molecule has 0 aliphatic carbocycles. The maximum absolute atomic E-state index is 2.65. The van der Waals surface area contributed by atoms with Gasteiger partial charge >= 0.3 is 0 Å². The second kappa shape index (κ2) is 28.6. The summed E-state index contributed by atoms with van der Waals surface area (Å²) < 4.78 is 4.26. The Hall–Kier alpha value is -3.42. The molecule has 0 aliphatic heterocycles. The smallest absolute Gasteiger partial charge is 0.0780 e. The lowest BCUT2D eigenvalue weighted by Gasteiger charge is -2.26. The van der Waals surface area contributed by atoms with Crippen molar-refractivity contribution in [2.24, 2.45) is 0 Å². The van der Waals surface area contributed by atoms with Crippen molar-refractivity contribution in [2.75, 3.05) is 147 Å². The number of unbranched alkanes of at least 4 members (excludes halogenated alkanes) is 12. The summed E-state index contributed by atoms with van der Waals surface area (Å²) in [7, 11) is 27.6. The molecule has 0 N–H and O–H groups in total. The van der Waals surface area contributed by atoms with E-state index in [0.29, 0.717) is 0 Å². The fourth-order valence-corrected chi connectivity index (χ4v) is 8.41. The quantitative estimate of drug-likeness (QED) is 0.0335. The number of nitrogens with zero attached hydrogens (tertiary/aromatic N) is 6. The summed E-state index contributed by atoms with van der Waals surface area (Å²) in [5, 5.41) is 0. The number of anilines is 2. The molecule has 0 spiro atoms. The molecule has 0 aliphatic rings. The Bertz CT molecular complexity index is 1520. The number of hydrogen-bond acceptors (Lipinski definition) is 2. The Morgan fingerprint density at radius 3 is 0.656 bits per heavy atom. The molecule has 358 valence electrons. The summed E-state index contributed by atoms with van der Waals surface area (Å²) in [5.41, 5.74) is 7.69. The molecule has 64 heavy (non-hydrogen) atoms. The fourth-order valence-electron chi connectivity index (χ4n) is 8.41. The molecule has 0 unspecified atom stereocenters. The van der Waals surface area contributed by atoms with Gasteiger partial charge in [0.2, 0.25) is 0 Å². The molecule has 0 amide bonds. The van der Waals surface area contributed by atoms with Gasteiger partial charge in [0.15, 0.2) is 0 Å². The van der Waals surface area contributed by atoms with Gasteiger partial charge in [-0.3, -0.25) is 0 Å². The first-order chi connectivity index (χ1) is 30.2. The van der Waals surface area contributed by atoms with Crippen LogP contribution < -0.4 is 9.80 Å². The molecular formula is C58H100N6+4. The third kappa shape index (κ3) is 27.1. The van der Waals surface area contributed by atoms with Crippen molar-refractivity contribution < 1.29 is 17.9 Å². The van der Waals surface area contributed by atoms with E-state index in [-0.39, 0.29) is 0 Å². The summed E-state index contributed by atoms with van der Waals surface area (Å²) in [6.45, 7) is 9.66. The van der Waals surface area contributed by atoms with E-state index >= 15 is 0 Å². The van der Waals surface area contributed by atoms with Crippen LogP contribution in [0.1, 0.15) is 125 Å². The van der Waals surface area contributed by atoms with E-state index in [2.05, 4.69) is 191 Å². The molecule has 0 radical (unpaired) electrons. The molecular weight excluding hydrogens is 781 g/mol. The van der Waals surface area contributed by atoms with Gasteiger partial charge < -0.3 is 27.7 Å². The van der Waals surface area contributed by atoms with Crippen molar-refractivity contribution in [3.63, 3.8) is 0 Å². The van der Waals surface area contributed by atoms with Gasteiger partial charge in [0.25, 0.3) is 0 Å². The Kier molecular flexibility index (Phi) is 24.5. The first kappa shape index (κ1) is 54.9. The minimum Gasteiger partial charge on any atom is -0.372 e. The molecule has 6 nitrogen and oxygen atoms in total.